The number of carbonyl (C=O) groups excluding carboxylic acids is 1. The molecule has 0 unspecified atom stereocenters. The normalized spacial score (nSPS) is 10.1. The molecule has 104 valence electrons. The van der Waals surface area contributed by atoms with Crippen LogP contribution < -0.4 is 15.6 Å². The van der Waals surface area contributed by atoms with Crippen LogP contribution in [0.15, 0.2) is 47.4 Å². The average Bonchev–Trinajstić information content (AvgIpc) is 2.47. The first-order chi connectivity index (χ1) is 9.61. The van der Waals surface area contributed by atoms with E-state index in [9.17, 15) is 9.59 Å². The summed E-state index contributed by atoms with van der Waals surface area (Å²) in [5.41, 5.74) is 1.02. The summed E-state index contributed by atoms with van der Waals surface area (Å²) >= 11 is 0. The number of aryl methyl sites for hydroxylation is 1. The Kier molecular flexibility index (Phi) is 4.20. The van der Waals surface area contributed by atoms with Crippen molar-refractivity contribution in [1.29, 1.82) is 0 Å². The van der Waals surface area contributed by atoms with Gasteiger partial charge in [-0.25, -0.2) is 0 Å². The molecule has 0 saturated heterocycles. The van der Waals surface area contributed by atoms with Crippen LogP contribution in [0.2, 0.25) is 0 Å². The van der Waals surface area contributed by atoms with Crippen molar-refractivity contribution < 1.29 is 9.53 Å². The Morgan fingerprint density at radius 2 is 2.05 bits per heavy atom. The fraction of sp³-hybridized carbons (Fsp3) is 0.200. The lowest BCUT2D eigenvalue weighted by molar-refractivity contribution is 0.0950. The minimum Gasteiger partial charge on any atom is -0.496 e. The lowest BCUT2D eigenvalue weighted by atomic mass is 10.2. The van der Waals surface area contributed by atoms with Gasteiger partial charge in [-0.3, -0.25) is 9.59 Å². The van der Waals surface area contributed by atoms with Gasteiger partial charge in [0.2, 0.25) is 0 Å². The summed E-state index contributed by atoms with van der Waals surface area (Å²) < 4.78 is 6.63. The van der Waals surface area contributed by atoms with E-state index in [1.807, 2.05) is 24.3 Å². The first-order valence-electron chi connectivity index (χ1n) is 6.18. The summed E-state index contributed by atoms with van der Waals surface area (Å²) in [6.45, 7) is 0.345. The van der Waals surface area contributed by atoms with Crippen molar-refractivity contribution in [3.05, 3.63) is 64.1 Å². The molecule has 0 fully saturated rings. The molecule has 0 bridgehead atoms. The monoisotopic (exact) mass is 272 g/mol. The van der Waals surface area contributed by atoms with Crippen LogP contribution in [0.4, 0.5) is 0 Å². The van der Waals surface area contributed by atoms with E-state index in [-0.39, 0.29) is 11.5 Å². The highest BCUT2D eigenvalue weighted by Gasteiger charge is 2.08. The quantitative estimate of drug-likeness (QED) is 0.913. The Bertz CT molecular complexity index is 677. The molecule has 1 heterocycles. The zero-order valence-electron chi connectivity index (χ0n) is 11.4. The number of aromatic nitrogens is 1. The molecule has 0 spiro atoms. The Hall–Kier alpha value is -2.56. The van der Waals surface area contributed by atoms with Crippen molar-refractivity contribution in [1.82, 2.24) is 9.88 Å². The second kappa shape index (κ2) is 6.06. The molecule has 1 aromatic carbocycles. The number of nitrogens with zero attached hydrogens (tertiary/aromatic N) is 1. The van der Waals surface area contributed by atoms with Crippen molar-refractivity contribution in [2.75, 3.05) is 7.11 Å². The molecule has 20 heavy (non-hydrogen) atoms. The lowest BCUT2D eigenvalue weighted by Crippen LogP contribution is -2.25. The SMILES string of the molecule is COc1ccccc1CNC(=O)c1ccn(C)c(=O)c1. The third-order valence-corrected chi connectivity index (χ3v) is 3.00. The van der Waals surface area contributed by atoms with E-state index in [0.717, 1.165) is 11.3 Å². The van der Waals surface area contributed by atoms with E-state index in [2.05, 4.69) is 5.32 Å². The minimum atomic E-state index is -0.284. The van der Waals surface area contributed by atoms with Crippen LogP contribution in [0.1, 0.15) is 15.9 Å². The van der Waals surface area contributed by atoms with E-state index in [1.165, 1.54) is 10.6 Å². The number of rotatable bonds is 4. The van der Waals surface area contributed by atoms with Gasteiger partial charge in [0.25, 0.3) is 11.5 Å². The molecular weight excluding hydrogens is 256 g/mol. The molecule has 5 heteroatoms. The number of carbonyl (C=O) groups is 1. The Labute approximate surface area is 116 Å². The van der Waals surface area contributed by atoms with Gasteiger partial charge >= 0.3 is 0 Å². The number of amides is 1. The van der Waals surface area contributed by atoms with Crippen molar-refractivity contribution >= 4 is 5.91 Å². The number of hydrogen-bond donors (Lipinski definition) is 1. The topological polar surface area (TPSA) is 60.3 Å². The Balaban J connectivity index is 2.08. The number of benzene rings is 1. The molecule has 0 aliphatic carbocycles. The van der Waals surface area contributed by atoms with Gasteiger partial charge in [-0.2, -0.15) is 0 Å². The number of hydrogen-bond acceptors (Lipinski definition) is 3. The molecular formula is C15H16N2O3. The highest BCUT2D eigenvalue weighted by atomic mass is 16.5. The highest BCUT2D eigenvalue weighted by molar-refractivity contribution is 5.93. The van der Waals surface area contributed by atoms with Crippen LogP contribution in [0.5, 0.6) is 5.75 Å². The second-order valence-electron chi connectivity index (χ2n) is 4.36. The van der Waals surface area contributed by atoms with Crippen LogP contribution in [0.3, 0.4) is 0 Å². The smallest absolute Gasteiger partial charge is 0.251 e. The summed E-state index contributed by atoms with van der Waals surface area (Å²) in [5, 5.41) is 2.77. The molecule has 0 saturated carbocycles. The van der Waals surface area contributed by atoms with Crippen molar-refractivity contribution in [2.24, 2.45) is 7.05 Å². The largest absolute Gasteiger partial charge is 0.496 e. The number of pyridine rings is 1. The van der Waals surface area contributed by atoms with Crippen molar-refractivity contribution in [3.63, 3.8) is 0 Å². The number of para-hydroxylation sites is 1. The van der Waals surface area contributed by atoms with Crippen molar-refractivity contribution in [3.8, 4) is 5.75 Å². The minimum absolute atomic E-state index is 0.213. The first kappa shape index (κ1) is 13.9. The van der Waals surface area contributed by atoms with Gasteiger partial charge < -0.3 is 14.6 Å². The van der Waals surface area contributed by atoms with Crippen LogP contribution >= 0.6 is 0 Å². The maximum atomic E-state index is 12.0. The summed E-state index contributed by atoms with van der Waals surface area (Å²) in [6.07, 6.45) is 1.57. The van der Waals surface area contributed by atoms with Gasteiger partial charge in [-0.1, -0.05) is 18.2 Å². The first-order valence-corrected chi connectivity index (χ1v) is 6.18. The zero-order chi connectivity index (χ0) is 14.5. The van der Waals surface area contributed by atoms with Gasteiger partial charge in [-0.05, 0) is 12.1 Å². The van der Waals surface area contributed by atoms with Crippen molar-refractivity contribution in [2.45, 2.75) is 6.54 Å². The maximum Gasteiger partial charge on any atom is 0.251 e. The van der Waals surface area contributed by atoms with Crippen LogP contribution in [-0.4, -0.2) is 17.6 Å². The van der Waals surface area contributed by atoms with E-state index in [0.29, 0.717) is 12.1 Å². The Morgan fingerprint density at radius 3 is 2.75 bits per heavy atom. The molecule has 2 rings (SSSR count). The van der Waals surface area contributed by atoms with Gasteiger partial charge in [-0.15, -0.1) is 0 Å². The summed E-state index contributed by atoms with van der Waals surface area (Å²) in [5.74, 6) is 0.436. The molecule has 0 radical (unpaired) electrons. The van der Waals surface area contributed by atoms with Crippen LogP contribution in [0, 0.1) is 0 Å². The molecule has 5 nitrogen and oxygen atoms in total. The number of methoxy groups -OCH3 is 1. The fourth-order valence-corrected chi connectivity index (χ4v) is 1.82. The van der Waals surface area contributed by atoms with E-state index in [4.69, 9.17) is 4.74 Å². The lowest BCUT2D eigenvalue weighted by Gasteiger charge is -2.09. The zero-order valence-corrected chi connectivity index (χ0v) is 11.4. The standard InChI is InChI=1S/C15H16N2O3/c1-17-8-7-11(9-14(17)18)15(19)16-10-12-5-3-4-6-13(12)20-2/h3-9H,10H2,1-2H3,(H,16,19). The van der Waals surface area contributed by atoms with Crippen LogP contribution in [0.25, 0.3) is 0 Å². The van der Waals surface area contributed by atoms with Gasteiger partial charge in [0.15, 0.2) is 0 Å². The van der Waals surface area contributed by atoms with Gasteiger partial charge in [0, 0.05) is 37.0 Å². The molecule has 0 aliphatic heterocycles. The van der Waals surface area contributed by atoms with Gasteiger partial charge in [0.05, 0.1) is 7.11 Å². The molecule has 2 aromatic rings. The third-order valence-electron chi connectivity index (χ3n) is 3.00. The second-order valence-corrected chi connectivity index (χ2v) is 4.36. The molecule has 0 aliphatic rings. The summed E-state index contributed by atoms with van der Waals surface area (Å²) in [4.78, 5) is 23.5. The maximum absolute atomic E-state index is 12.0. The van der Waals surface area contributed by atoms with E-state index < -0.39 is 0 Å². The molecule has 1 amide bonds. The number of ether oxygens (including phenoxy) is 1. The van der Waals surface area contributed by atoms with Gasteiger partial charge in [0.1, 0.15) is 5.75 Å². The Morgan fingerprint density at radius 1 is 1.30 bits per heavy atom. The molecule has 1 N–H and O–H groups in total. The molecule has 1 aromatic heterocycles. The fourth-order valence-electron chi connectivity index (χ4n) is 1.82. The highest BCUT2D eigenvalue weighted by Crippen LogP contribution is 2.16. The predicted molar refractivity (Wildman–Crippen MR) is 75.8 cm³/mol. The summed E-state index contributed by atoms with van der Waals surface area (Å²) in [7, 11) is 3.22. The van der Waals surface area contributed by atoms with Crippen LogP contribution in [-0.2, 0) is 13.6 Å². The third kappa shape index (κ3) is 3.06. The predicted octanol–water partition coefficient (Wildman–Crippen LogP) is 1.32. The summed E-state index contributed by atoms with van der Waals surface area (Å²) in [6, 6.07) is 10.4. The molecule has 0 atom stereocenters. The van der Waals surface area contributed by atoms with E-state index >= 15 is 0 Å². The van der Waals surface area contributed by atoms with E-state index in [1.54, 1.807) is 26.4 Å². The number of nitrogens with one attached hydrogen (secondary N) is 1. The average molecular weight is 272 g/mol.